The van der Waals surface area contributed by atoms with Gasteiger partial charge in [-0.15, -0.1) is 11.3 Å². The molecule has 0 saturated carbocycles. The van der Waals surface area contributed by atoms with Crippen LogP contribution in [0.2, 0.25) is 0 Å². The van der Waals surface area contributed by atoms with Crippen molar-refractivity contribution in [1.82, 2.24) is 20.5 Å². The predicted molar refractivity (Wildman–Crippen MR) is 135 cm³/mol. The fourth-order valence-corrected chi connectivity index (χ4v) is 5.19. The number of aryl methyl sites for hydroxylation is 1. The van der Waals surface area contributed by atoms with Crippen molar-refractivity contribution in [2.75, 3.05) is 12.8 Å². The van der Waals surface area contributed by atoms with E-state index in [4.69, 9.17) is 0 Å². The standard InChI is InChI=1S/C24H32N4O4S2/c1-14-20(34-13-26-14)17-8-6-16(7-9-17)11-25-22(31)19-10-18(30)12-28(19)23(32)21(27-15(2)29)24(3,4)33-5/h6-9,13,18-19,21,30H,10-12H2,1-5H3,(H,25,31)(H,27,29)/t18-,19+,21-/m1/s1. The highest BCUT2D eigenvalue weighted by molar-refractivity contribution is 8.00. The quantitative estimate of drug-likeness (QED) is 0.509. The summed E-state index contributed by atoms with van der Waals surface area (Å²) in [5.74, 6) is -1.01. The summed E-state index contributed by atoms with van der Waals surface area (Å²) in [7, 11) is 0. The first-order valence-corrected chi connectivity index (χ1v) is 13.2. The average Bonchev–Trinajstić information content (AvgIpc) is 3.41. The Morgan fingerprint density at radius 3 is 2.53 bits per heavy atom. The van der Waals surface area contributed by atoms with Gasteiger partial charge in [0.25, 0.3) is 0 Å². The molecule has 1 aliphatic rings. The Labute approximate surface area is 208 Å². The van der Waals surface area contributed by atoms with Crippen molar-refractivity contribution < 1.29 is 19.5 Å². The van der Waals surface area contributed by atoms with Gasteiger partial charge < -0.3 is 20.6 Å². The third-order valence-corrected chi connectivity index (χ3v) is 8.37. The van der Waals surface area contributed by atoms with Crippen molar-refractivity contribution in [3.05, 3.63) is 41.0 Å². The molecule has 2 heterocycles. The van der Waals surface area contributed by atoms with Gasteiger partial charge in [-0.1, -0.05) is 24.3 Å². The zero-order valence-electron chi connectivity index (χ0n) is 20.1. The molecular weight excluding hydrogens is 472 g/mol. The zero-order valence-corrected chi connectivity index (χ0v) is 21.8. The Hall–Kier alpha value is -2.43. The molecule has 1 aromatic heterocycles. The van der Waals surface area contributed by atoms with Gasteiger partial charge in [-0.3, -0.25) is 14.4 Å². The number of amides is 3. The largest absolute Gasteiger partial charge is 0.391 e. The van der Waals surface area contributed by atoms with Gasteiger partial charge in [0, 0.05) is 31.2 Å². The second-order valence-electron chi connectivity index (χ2n) is 9.02. The number of thiazole rings is 1. The normalized spacial score (nSPS) is 19.1. The zero-order chi connectivity index (χ0) is 25.0. The monoisotopic (exact) mass is 504 g/mol. The second kappa shape index (κ2) is 10.9. The van der Waals surface area contributed by atoms with Crippen molar-refractivity contribution in [2.24, 2.45) is 0 Å². The molecule has 3 rings (SSSR count). The number of carbonyl (C=O) groups is 3. The molecule has 3 amide bonds. The van der Waals surface area contributed by atoms with E-state index in [1.54, 1.807) is 11.3 Å². The Bertz CT molecular complexity index is 1040. The molecule has 184 valence electrons. The molecule has 34 heavy (non-hydrogen) atoms. The summed E-state index contributed by atoms with van der Waals surface area (Å²) in [5.41, 5.74) is 4.80. The van der Waals surface area contributed by atoms with Crippen molar-refractivity contribution in [3.63, 3.8) is 0 Å². The molecule has 8 nitrogen and oxygen atoms in total. The van der Waals surface area contributed by atoms with Crippen molar-refractivity contribution in [1.29, 1.82) is 0 Å². The predicted octanol–water partition coefficient (Wildman–Crippen LogP) is 2.34. The third kappa shape index (κ3) is 5.97. The topological polar surface area (TPSA) is 112 Å². The number of rotatable bonds is 8. The van der Waals surface area contributed by atoms with Gasteiger partial charge in [-0.2, -0.15) is 11.8 Å². The van der Waals surface area contributed by atoms with Crippen LogP contribution in [0.5, 0.6) is 0 Å². The first-order valence-electron chi connectivity index (χ1n) is 11.1. The highest BCUT2D eigenvalue weighted by Crippen LogP contribution is 2.30. The van der Waals surface area contributed by atoms with Gasteiger partial charge in [0.2, 0.25) is 17.7 Å². The summed E-state index contributed by atoms with van der Waals surface area (Å²) in [6.07, 6.45) is 1.23. The van der Waals surface area contributed by atoms with Crippen molar-refractivity contribution >= 4 is 40.8 Å². The number of hydrogen-bond acceptors (Lipinski definition) is 7. The number of nitrogens with zero attached hydrogens (tertiary/aromatic N) is 2. The summed E-state index contributed by atoms with van der Waals surface area (Å²) in [5, 5.41) is 15.9. The van der Waals surface area contributed by atoms with Crippen LogP contribution in [0.1, 0.15) is 38.4 Å². The van der Waals surface area contributed by atoms with Gasteiger partial charge in [0.1, 0.15) is 12.1 Å². The minimum absolute atomic E-state index is 0.0559. The molecule has 2 aromatic rings. The lowest BCUT2D eigenvalue weighted by atomic mass is 10.0. The van der Waals surface area contributed by atoms with Crippen LogP contribution >= 0.6 is 23.1 Å². The number of hydrogen-bond donors (Lipinski definition) is 3. The summed E-state index contributed by atoms with van der Waals surface area (Å²) >= 11 is 3.04. The molecule has 1 fully saturated rings. The number of benzene rings is 1. The molecule has 1 saturated heterocycles. The van der Waals surface area contributed by atoms with Crippen LogP contribution in [0.4, 0.5) is 0 Å². The van der Waals surface area contributed by atoms with Crippen LogP contribution in [0.15, 0.2) is 29.8 Å². The number of carbonyl (C=O) groups excluding carboxylic acids is 3. The number of nitrogens with one attached hydrogen (secondary N) is 2. The maximum absolute atomic E-state index is 13.4. The van der Waals surface area contributed by atoms with Crippen LogP contribution < -0.4 is 10.6 Å². The lowest BCUT2D eigenvalue weighted by Gasteiger charge is -2.36. The van der Waals surface area contributed by atoms with Crippen LogP contribution in [-0.2, 0) is 20.9 Å². The number of β-amino-alcohol motifs (C(OH)–C–C–N with tert-alkyl or cyclic N) is 1. The molecule has 10 heteroatoms. The summed E-state index contributed by atoms with van der Waals surface area (Å²) in [6, 6.07) is 6.29. The molecule has 0 bridgehead atoms. The van der Waals surface area contributed by atoms with Crippen molar-refractivity contribution in [2.45, 2.75) is 63.6 Å². The van der Waals surface area contributed by atoms with E-state index in [2.05, 4.69) is 15.6 Å². The molecule has 0 aliphatic carbocycles. The van der Waals surface area contributed by atoms with E-state index in [1.807, 2.05) is 56.8 Å². The Morgan fingerprint density at radius 2 is 1.97 bits per heavy atom. The molecule has 0 radical (unpaired) electrons. The number of aliphatic hydroxyl groups is 1. The fraction of sp³-hybridized carbons (Fsp3) is 0.500. The summed E-state index contributed by atoms with van der Waals surface area (Å²) < 4.78 is -0.588. The van der Waals surface area contributed by atoms with Gasteiger partial charge in [-0.25, -0.2) is 4.98 Å². The Kier molecular flexibility index (Phi) is 8.38. The SMILES string of the molecule is CSC(C)(C)[C@H](NC(C)=O)C(=O)N1C[C@H](O)C[C@H]1C(=O)NCc1ccc(-c2scnc2C)cc1. The van der Waals surface area contributed by atoms with E-state index in [1.165, 1.54) is 23.6 Å². The molecule has 3 N–H and O–H groups in total. The van der Waals surface area contributed by atoms with Crippen molar-refractivity contribution in [3.8, 4) is 10.4 Å². The fourth-order valence-electron chi connectivity index (χ4n) is 3.99. The van der Waals surface area contributed by atoms with E-state index in [-0.39, 0.29) is 30.7 Å². The minimum atomic E-state index is -0.816. The number of thioether (sulfide) groups is 1. The third-order valence-electron chi connectivity index (χ3n) is 6.11. The van der Waals surface area contributed by atoms with E-state index >= 15 is 0 Å². The minimum Gasteiger partial charge on any atom is -0.391 e. The lowest BCUT2D eigenvalue weighted by Crippen LogP contribution is -2.59. The molecule has 0 spiro atoms. The molecule has 1 aromatic carbocycles. The Balaban J connectivity index is 1.68. The van der Waals surface area contributed by atoms with E-state index < -0.39 is 22.9 Å². The first-order chi connectivity index (χ1) is 16.0. The number of aromatic nitrogens is 1. The van der Waals surface area contributed by atoms with Crippen LogP contribution in [0, 0.1) is 6.92 Å². The highest BCUT2D eigenvalue weighted by atomic mass is 32.2. The number of likely N-dealkylation sites (tertiary alicyclic amines) is 1. The summed E-state index contributed by atoms with van der Waals surface area (Å²) in [4.78, 5) is 45.0. The first kappa shape index (κ1) is 26.2. The van der Waals surface area contributed by atoms with Crippen LogP contribution in [0.25, 0.3) is 10.4 Å². The lowest BCUT2D eigenvalue weighted by molar-refractivity contribution is -0.142. The average molecular weight is 505 g/mol. The molecular formula is C24H32N4O4S2. The highest BCUT2D eigenvalue weighted by Gasteiger charge is 2.45. The van der Waals surface area contributed by atoms with E-state index in [9.17, 15) is 19.5 Å². The van der Waals surface area contributed by atoms with Gasteiger partial charge >= 0.3 is 0 Å². The summed E-state index contributed by atoms with van der Waals surface area (Å²) in [6.45, 7) is 7.44. The second-order valence-corrected chi connectivity index (χ2v) is 11.3. The van der Waals surface area contributed by atoms with Gasteiger partial charge in [0.05, 0.1) is 22.2 Å². The maximum Gasteiger partial charge on any atom is 0.247 e. The maximum atomic E-state index is 13.4. The van der Waals surface area contributed by atoms with Crippen LogP contribution in [-0.4, -0.2) is 68.4 Å². The van der Waals surface area contributed by atoms with Gasteiger partial charge in [-0.05, 0) is 38.2 Å². The van der Waals surface area contributed by atoms with Gasteiger partial charge in [0.15, 0.2) is 0 Å². The Morgan fingerprint density at radius 1 is 1.29 bits per heavy atom. The smallest absolute Gasteiger partial charge is 0.247 e. The molecule has 1 aliphatic heterocycles. The van der Waals surface area contributed by atoms with Crippen LogP contribution in [0.3, 0.4) is 0 Å². The molecule has 3 atom stereocenters. The molecule has 0 unspecified atom stereocenters. The number of aliphatic hydroxyl groups excluding tert-OH is 1. The van der Waals surface area contributed by atoms with E-state index in [0.717, 1.165) is 21.7 Å². The van der Waals surface area contributed by atoms with E-state index in [0.29, 0.717) is 6.54 Å².